The van der Waals surface area contributed by atoms with Gasteiger partial charge >= 0.3 is 0 Å². The number of non-ortho nitro benzene ring substituents is 1. The fourth-order valence-corrected chi connectivity index (χ4v) is 1.95. The summed E-state index contributed by atoms with van der Waals surface area (Å²) in [6, 6.07) is 3.72. The highest BCUT2D eigenvalue weighted by Gasteiger charge is 2.15. The molecule has 1 rings (SSSR count). The normalized spacial score (nSPS) is 13.5. The number of hydrogen-bond donors (Lipinski definition) is 2. The molecule has 2 unspecified atom stereocenters. The van der Waals surface area contributed by atoms with E-state index in [2.05, 4.69) is 5.32 Å². The predicted molar refractivity (Wildman–Crippen MR) is 78.0 cm³/mol. The van der Waals surface area contributed by atoms with Crippen LogP contribution >= 0.6 is 0 Å². The molecule has 0 radical (unpaired) electrons. The molecular formula is C12H17N3O4S. The van der Waals surface area contributed by atoms with Crippen LogP contribution in [0.3, 0.4) is 0 Å². The summed E-state index contributed by atoms with van der Waals surface area (Å²) >= 11 is 0. The van der Waals surface area contributed by atoms with Gasteiger partial charge in [-0.3, -0.25) is 19.1 Å². The maximum absolute atomic E-state index is 11.9. The van der Waals surface area contributed by atoms with Crippen LogP contribution in [0.15, 0.2) is 18.2 Å². The van der Waals surface area contributed by atoms with E-state index in [-0.39, 0.29) is 22.2 Å². The van der Waals surface area contributed by atoms with Crippen molar-refractivity contribution in [2.75, 3.05) is 18.5 Å². The third kappa shape index (κ3) is 4.30. The molecular weight excluding hydrogens is 282 g/mol. The highest BCUT2D eigenvalue weighted by Crippen LogP contribution is 2.19. The third-order valence-electron chi connectivity index (χ3n) is 2.90. The van der Waals surface area contributed by atoms with Crippen molar-refractivity contribution in [3.63, 3.8) is 0 Å². The molecule has 1 aromatic carbocycles. The summed E-state index contributed by atoms with van der Waals surface area (Å²) in [6.45, 7) is 2.16. The van der Waals surface area contributed by atoms with Gasteiger partial charge in [0.05, 0.1) is 10.5 Å². The largest absolute Gasteiger partial charge is 0.398 e. The smallest absolute Gasteiger partial charge is 0.270 e. The SMILES string of the molecule is CC(CCNC(=O)c1cc([N+](=O)[O-])ccc1N)S(C)=O. The van der Waals surface area contributed by atoms with E-state index in [0.29, 0.717) is 13.0 Å². The lowest BCUT2D eigenvalue weighted by Gasteiger charge is -2.10. The Labute approximate surface area is 119 Å². The number of rotatable bonds is 6. The van der Waals surface area contributed by atoms with E-state index in [4.69, 9.17) is 5.73 Å². The Kier molecular flexibility index (Phi) is 5.63. The minimum atomic E-state index is -0.949. The topological polar surface area (TPSA) is 115 Å². The van der Waals surface area contributed by atoms with Gasteiger partial charge in [-0.2, -0.15) is 0 Å². The fraction of sp³-hybridized carbons (Fsp3) is 0.417. The molecule has 0 fully saturated rings. The lowest BCUT2D eigenvalue weighted by atomic mass is 10.1. The number of nitrogen functional groups attached to an aromatic ring is 1. The van der Waals surface area contributed by atoms with Gasteiger partial charge in [0.1, 0.15) is 0 Å². The molecule has 0 saturated heterocycles. The number of benzene rings is 1. The number of nitrogens with two attached hydrogens (primary N) is 1. The fourth-order valence-electron chi connectivity index (χ4n) is 1.50. The average Bonchev–Trinajstić information content (AvgIpc) is 2.38. The van der Waals surface area contributed by atoms with Crippen LogP contribution in [-0.2, 0) is 10.8 Å². The van der Waals surface area contributed by atoms with Crippen LogP contribution in [0.2, 0.25) is 0 Å². The minimum Gasteiger partial charge on any atom is -0.398 e. The van der Waals surface area contributed by atoms with Gasteiger partial charge in [0, 0.05) is 46.7 Å². The highest BCUT2D eigenvalue weighted by molar-refractivity contribution is 7.84. The molecule has 0 aliphatic carbocycles. The third-order valence-corrected chi connectivity index (χ3v) is 4.26. The summed E-state index contributed by atoms with van der Waals surface area (Å²) in [5.41, 5.74) is 5.70. The van der Waals surface area contributed by atoms with Crippen LogP contribution < -0.4 is 11.1 Å². The minimum absolute atomic E-state index is 0.0299. The second-order valence-electron chi connectivity index (χ2n) is 4.38. The van der Waals surface area contributed by atoms with Gasteiger partial charge in [0.25, 0.3) is 11.6 Å². The standard InChI is InChI=1S/C12H17N3O4S/c1-8(20(2)19)5-6-14-12(16)10-7-9(15(17)18)3-4-11(10)13/h3-4,7-8H,5-6,13H2,1-2H3,(H,14,16). The predicted octanol–water partition coefficient (Wildman–Crippen LogP) is 1.06. The summed E-state index contributed by atoms with van der Waals surface area (Å²) in [7, 11) is -0.949. The molecule has 8 heteroatoms. The molecule has 0 aromatic heterocycles. The zero-order valence-electron chi connectivity index (χ0n) is 11.3. The zero-order chi connectivity index (χ0) is 15.3. The van der Waals surface area contributed by atoms with Gasteiger partial charge in [0.2, 0.25) is 0 Å². The van der Waals surface area contributed by atoms with Crippen LogP contribution in [0.4, 0.5) is 11.4 Å². The van der Waals surface area contributed by atoms with Gasteiger partial charge in [-0.15, -0.1) is 0 Å². The van der Waals surface area contributed by atoms with Gasteiger partial charge in [0.15, 0.2) is 0 Å². The molecule has 3 N–H and O–H groups in total. The van der Waals surface area contributed by atoms with Crippen LogP contribution in [0, 0.1) is 10.1 Å². The zero-order valence-corrected chi connectivity index (χ0v) is 12.1. The van der Waals surface area contributed by atoms with Crippen molar-refractivity contribution in [1.29, 1.82) is 0 Å². The molecule has 0 heterocycles. The number of anilines is 1. The first-order valence-electron chi connectivity index (χ1n) is 5.97. The van der Waals surface area contributed by atoms with Crippen molar-refractivity contribution in [1.82, 2.24) is 5.32 Å². The Balaban J connectivity index is 2.70. The van der Waals surface area contributed by atoms with Gasteiger partial charge < -0.3 is 11.1 Å². The first-order chi connectivity index (χ1) is 9.32. The Bertz CT molecular complexity index is 548. The van der Waals surface area contributed by atoms with Crippen LogP contribution in [0.5, 0.6) is 0 Å². The lowest BCUT2D eigenvalue weighted by Crippen LogP contribution is -2.28. The summed E-state index contributed by atoms with van der Waals surface area (Å²) < 4.78 is 11.2. The van der Waals surface area contributed by atoms with Crippen LogP contribution in [0.1, 0.15) is 23.7 Å². The first kappa shape index (κ1) is 16.1. The molecule has 0 bridgehead atoms. The molecule has 20 heavy (non-hydrogen) atoms. The quantitative estimate of drug-likeness (QED) is 0.463. The van der Waals surface area contributed by atoms with Crippen molar-refractivity contribution in [2.45, 2.75) is 18.6 Å². The van der Waals surface area contributed by atoms with Crippen molar-refractivity contribution >= 4 is 28.1 Å². The molecule has 110 valence electrons. The Morgan fingerprint density at radius 1 is 1.55 bits per heavy atom. The van der Waals surface area contributed by atoms with E-state index in [9.17, 15) is 19.1 Å². The number of carbonyl (C=O) groups is 1. The van der Waals surface area contributed by atoms with E-state index < -0.39 is 21.6 Å². The highest BCUT2D eigenvalue weighted by atomic mass is 32.2. The van der Waals surface area contributed by atoms with Gasteiger partial charge in [-0.05, 0) is 12.5 Å². The molecule has 0 spiro atoms. The Hall–Kier alpha value is -1.96. The second-order valence-corrected chi connectivity index (χ2v) is 6.18. The summed E-state index contributed by atoms with van der Waals surface area (Å²) in [4.78, 5) is 22.0. The number of nitro groups is 1. The number of nitrogens with zero attached hydrogens (tertiary/aromatic N) is 1. The second kappa shape index (κ2) is 6.99. The molecule has 0 aliphatic rings. The number of nitro benzene ring substituents is 1. The van der Waals surface area contributed by atoms with E-state index in [1.807, 2.05) is 6.92 Å². The lowest BCUT2D eigenvalue weighted by molar-refractivity contribution is -0.384. The Morgan fingerprint density at radius 3 is 2.75 bits per heavy atom. The number of hydrogen-bond acceptors (Lipinski definition) is 5. The van der Waals surface area contributed by atoms with Crippen molar-refractivity contribution in [3.8, 4) is 0 Å². The van der Waals surface area contributed by atoms with E-state index in [0.717, 1.165) is 6.07 Å². The maximum Gasteiger partial charge on any atom is 0.270 e. The summed E-state index contributed by atoms with van der Waals surface area (Å²) in [5, 5.41) is 13.3. The molecule has 2 atom stereocenters. The Morgan fingerprint density at radius 2 is 2.20 bits per heavy atom. The number of amides is 1. The molecule has 1 amide bonds. The summed E-state index contributed by atoms with van der Waals surface area (Å²) in [6.07, 6.45) is 2.16. The van der Waals surface area contributed by atoms with Crippen molar-refractivity contribution in [3.05, 3.63) is 33.9 Å². The first-order valence-corrected chi connectivity index (χ1v) is 7.59. The molecule has 7 nitrogen and oxygen atoms in total. The van der Waals surface area contributed by atoms with Crippen molar-refractivity contribution in [2.24, 2.45) is 0 Å². The maximum atomic E-state index is 11.9. The summed E-state index contributed by atoms with van der Waals surface area (Å²) in [5.74, 6) is -0.472. The molecule has 1 aromatic rings. The van der Waals surface area contributed by atoms with E-state index in [1.165, 1.54) is 12.1 Å². The van der Waals surface area contributed by atoms with E-state index in [1.54, 1.807) is 6.26 Å². The van der Waals surface area contributed by atoms with Crippen molar-refractivity contribution < 1.29 is 13.9 Å². The molecule has 0 saturated carbocycles. The molecule has 0 aliphatic heterocycles. The van der Waals surface area contributed by atoms with Crippen LogP contribution in [-0.4, -0.2) is 33.1 Å². The van der Waals surface area contributed by atoms with E-state index >= 15 is 0 Å². The number of carbonyl (C=O) groups excluding carboxylic acids is 1. The van der Waals surface area contributed by atoms with Crippen LogP contribution in [0.25, 0.3) is 0 Å². The average molecular weight is 299 g/mol. The number of nitrogens with one attached hydrogen (secondary N) is 1. The van der Waals surface area contributed by atoms with Gasteiger partial charge in [-0.25, -0.2) is 0 Å². The monoisotopic (exact) mass is 299 g/mol. The van der Waals surface area contributed by atoms with Gasteiger partial charge in [-0.1, -0.05) is 6.92 Å².